The molecule has 0 saturated heterocycles. The van der Waals surface area contributed by atoms with E-state index < -0.39 is 10.0 Å². The summed E-state index contributed by atoms with van der Waals surface area (Å²) in [5, 5.41) is 3.24. The standard InChI is InChI=1S/C12H21N3O2S/c1-9(2)13-7-10-6-11(8-14-10)18(16,17)15-12(3)4-5-12/h6,8-9,13-15H,4-5,7H2,1-3H3. The molecule has 6 heteroatoms. The van der Waals surface area contributed by atoms with E-state index in [0.29, 0.717) is 17.5 Å². The van der Waals surface area contributed by atoms with Crippen molar-refractivity contribution in [2.45, 2.75) is 56.6 Å². The van der Waals surface area contributed by atoms with Gasteiger partial charge in [-0.15, -0.1) is 0 Å². The Hall–Kier alpha value is -0.850. The van der Waals surface area contributed by atoms with Crippen LogP contribution in [0.1, 0.15) is 39.3 Å². The predicted octanol–water partition coefficient (Wildman–Crippen LogP) is 1.34. The fourth-order valence-electron chi connectivity index (χ4n) is 1.66. The van der Waals surface area contributed by atoms with Gasteiger partial charge in [-0.2, -0.15) is 0 Å². The van der Waals surface area contributed by atoms with Gasteiger partial charge in [-0.25, -0.2) is 13.1 Å². The van der Waals surface area contributed by atoms with Crippen LogP contribution in [-0.2, 0) is 16.6 Å². The Morgan fingerprint density at radius 2 is 2.11 bits per heavy atom. The van der Waals surface area contributed by atoms with Gasteiger partial charge in [-0.05, 0) is 25.8 Å². The van der Waals surface area contributed by atoms with E-state index in [4.69, 9.17) is 0 Å². The third-order valence-electron chi connectivity index (χ3n) is 3.11. The number of aromatic amines is 1. The Balaban J connectivity index is 2.04. The molecule has 3 N–H and O–H groups in total. The highest BCUT2D eigenvalue weighted by Gasteiger charge is 2.41. The van der Waals surface area contributed by atoms with Gasteiger partial charge in [0.2, 0.25) is 10.0 Å². The molecule has 1 fully saturated rings. The molecule has 1 saturated carbocycles. The molecule has 1 heterocycles. The van der Waals surface area contributed by atoms with Gasteiger partial charge < -0.3 is 10.3 Å². The summed E-state index contributed by atoms with van der Waals surface area (Å²) in [5.74, 6) is 0. The van der Waals surface area contributed by atoms with E-state index in [-0.39, 0.29) is 5.54 Å². The van der Waals surface area contributed by atoms with Crippen LogP contribution in [0.15, 0.2) is 17.2 Å². The molecule has 0 atom stereocenters. The lowest BCUT2D eigenvalue weighted by Crippen LogP contribution is -2.33. The SMILES string of the molecule is CC(C)NCc1cc(S(=O)(=O)NC2(C)CC2)c[nH]1. The third-order valence-corrected chi connectivity index (χ3v) is 4.73. The number of H-pyrrole nitrogens is 1. The van der Waals surface area contributed by atoms with Crippen molar-refractivity contribution in [1.29, 1.82) is 0 Å². The minimum absolute atomic E-state index is 0.230. The fraction of sp³-hybridized carbons (Fsp3) is 0.667. The molecule has 1 aliphatic carbocycles. The molecule has 0 aromatic carbocycles. The summed E-state index contributed by atoms with van der Waals surface area (Å²) in [6, 6.07) is 2.06. The van der Waals surface area contributed by atoms with Crippen LogP contribution < -0.4 is 10.0 Å². The van der Waals surface area contributed by atoms with Crippen molar-refractivity contribution >= 4 is 10.0 Å². The monoisotopic (exact) mass is 271 g/mol. The maximum absolute atomic E-state index is 12.1. The lowest BCUT2D eigenvalue weighted by Gasteiger charge is -2.10. The van der Waals surface area contributed by atoms with E-state index in [1.165, 1.54) is 0 Å². The molecule has 102 valence electrons. The van der Waals surface area contributed by atoms with Crippen LogP contribution in [0.2, 0.25) is 0 Å². The summed E-state index contributed by atoms with van der Waals surface area (Å²) in [6.07, 6.45) is 3.38. The van der Waals surface area contributed by atoms with Gasteiger partial charge in [0.25, 0.3) is 0 Å². The molecular formula is C12H21N3O2S. The smallest absolute Gasteiger partial charge is 0.242 e. The second-order valence-electron chi connectivity index (χ2n) is 5.56. The summed E-state index contributed by atoms with van der Waals surface area (Å²) in [4.78, 5) is 3.31. The van der Waals surface area contributed by atoms with Crippen LogP contribution >= 0.6 is 0 Å². The van der Waals surface area contributed by atoms with Gasteiger partial charge in [0, 0.05) is 30.0 Å². The highest BCUT2D eigenvalue weighted by atomic mass is 32.2. The zero-order chi connectivity index (χ0) is 13.4. The lowest BCUT2D eigenvalue weighted by atomic mass is 10.3. The second kappa shape index (κ2) is 4.68. The van der Waals surface area contributed by atoms with E-state index in [0.717, 1.165) is 18.5 Å². The van der Waals surface area contributed by atoms with E-state index in [9.17, 15) is 8.42 Å². The number of aromatic nitrogens is 1. The minimum atomic E-state index is -3.38. The second-order valence-corrected chi connectivity index (χ2v) is 7.24. The first-order valence-corrected chi connectivity index (χ1v) is 7.74. The first kappa shape index (κ1) is 13.6. The summed E-state index contributed by atoms with van der Waals surface area (Å²) < 4.78 is 26.9. The summed E-state index contributed by atoms with van der Waals surface area (Å²) in [5.41, 5.74) is 0.650. The molecule has 0 bridgehead atoms. The van der Waals surface area contributed by atoms with Gasteiger partial charge in [-0.3, -0.25) is 0 Å². The van der Waals surface area contributed by atoms with Gasteiger partial charge in [0.15, 0.2) is 0 Å². The predicted molar refractivity (Wildman–Crippen MR) is 70.7 cm³/mol. The quantitative estimate of drug-likeness (QED) is 0.731. The average molecular weight is 271 g/mol. The number of nitrogens with one attached hydrogen (secondary N) is 3. The molecule has 1 aliphatic rings. The van der Waals surface area contributed by atoms with Gasteiger partial charge in [-0.1, -0.05) is 13.8 Å². The Morgan fingerprint density at radius 1 is 1.44 bits per heavy atom. The first-order valence-electron chi connectivity index (χ1n) is 6.25. The Kier molecular flexibility index (Phi) is 3.53. The highest BCUT2D eigenvalue weighted by Crippen LogP contribution is 2.35. The van der Waals surface area contributed by atoms with Crippen molar-refractivity contribution in [3.8, 4) is 0 Å². The van der Waals surface area contributed by atoms with Crippen LogP contribution in [0.25, 0.3) is 0 Å². The number of rotatable bonds is 6. The zero-order valence-electron chi connectivity index (χ0n) is 11.1. The largest absolute Gasteiger partial charge is 0.363 e. The van der Waals surface area contributed by atoms with Gasteiger partial charge in [0.1, 0.15) is 0 Å². The Morgan fingerprint density at radius 3 is 2.67 bits per heavy atom. The molecule has 0 radical (unpaired) electrons. The van der Waals surface area contributed by atoms with Crippen LogP contribution in [-0.4, -0.2) is 25.0 Å². The van der Waals surface area contributed by atoms with E-state index in [1.54, 1.807) is 12.3 Å². The van der Waals surface area contributed by atoms with Crippen molar-refractivity contribution in [3.63, 3.8) is 0 Å². The molecule has 1 aromatic heterocycles. The normalized spacial score (nSPS) is 18.2. The van der Waals surface area contributed by atoms with Crippen LogP contribution in [0.3, 0.4) is 0 Å². The highest BCUT2D eigenvalue weighted by molar-refractivity contribution is 7.89. The molecule has 1 aromatic rings. The molecule has 5 nitrogen and oxygen atoms in total. The van der Waals surface area contributed by atoms with E-state index in [1.807, 2.05) is 6.92 Å². The molecule has 0 aliphatic heterocycles. The molecule has 0 spiro atoms. The zero-order valence-corrected chi connectivity index (χ0v) is 11.9. The van der Waals surface area contributed by atoms with Crippen molar-refractivity contribution in [1.82, 2.24) is 15.0 Å². The summed E-state index contributed by atoms with van der Waals surface area (Å²) in [6.45, 7) is 6.68. The summed E-state index contributed by atoms with van der Waals surface area (Å²) in [7, 11) is -3.38. The maximum Gasteiger partial charge on any atom is 0.242 e. The number of hydrogen-bond acceptors (Lipinski definition) is 3. The topological polar surface area (TPSA) is 74.0 Å². The van der Waals surface area contributed by atoms with Crippen molar-refractivity contribution < 1.29 is 8.42 Å². The molecule has 0 amide bonds. The van der Waals surface area contributed by atoms with E-state index in [2.05, 4.69) is 28.9 Å². The van der Waals surface area contributed by atoms with Crippen molar-refractivity contribution in [2.75, 3.05) is 0 Å². The maximum atomic E-state index is 12.1. The first-order chi connectivity index (χ1) is 8.31. The third kappa shape index (κ3) is 3.34. The Labute approximate surface area is 108 Å². The minimum Gasteiger partial charge on any atom is -0.363 e. The molecular weight excluding hydrogens is 250 g/mol. The van der Waals surface area contributed by atoms with Gasteiger partial charge >= 0.3 is 0 Å². The molecule has 18 heavy (non-hydrogen) atoms. The van der Waals surface area contributed by atoms with Crippen LogP contribution in [0.5, 0.6) is 0 Å². The van der Waals surface area contributed by atoms with Crippen LogP contribution in [0.4, 0.5) is 0 Å². The Bertz CT molecular complexity index is 515. The fourth-order valence-corrected chi connectivity index (χ4v) is 3.15. The van der Waals surface area contributed by atoms with E-state index >= 15 is 0 Å². The van der Waals surface area contributed by atoms with Crippen molar-refractivity contribution in [3.05, 3.63) is 18.0 Å². The van der Waals surface area contributed by atoms with Crippen molar-refractivity contribution in [2.24, 2.45) is 0 Å². The number of hydrogen-bond donors (Lipinski definition) is 3. The van der Waals surface area contributed by atoms with Gasteiger partial charge in [0.05, 0.1) is 4.90 Å². The molecule has 2 rings (SSSR count). The average Bonchev–Trinajstić information content (AvgIpc) is 2.81. The summed E-state index contributed by atoms with van der Waals surface area (Å²) >= 11 is 0. The lowest BCUT2D eigenvalue weighted by molar-refractivity contribution is 0.558. The van der Waals surface area contributed by atoms with Crippen LogP contribution in [0, 0.1) is 0 Å². The number of sulfonamides is 1. The molecule has 0 unspecified atom stereocenters.